The Bertz CT molecular complexity index is 959. The van der Waals surface area contributed by atoms with Crippen LogP contribution in [0.5, 0.6) is 0 Å². The van der Waals surface area contributed by atoms with E-state index in [-0.39, 0.29) is 6.03 Å². The summed E-state index contributed by atoms with van der Waals surface area (Å²) in [6.07, 6.45) is 3.16. The second-order valence-corrected chi connectivity index (χ2v) is 6.33. The Balaban J connectivity index is 1.72. The van der Waals surface area contributed by atoms with Gasteiger partial charge >= 0.3 is 6.03 Å². The fraction of sp³-hybridized carbons (Fsp3) is 0.263. The highest BCUT2D eigenvalue weighted by Crippen LogP contribution is 2.17. The van der Waals surface area contributed by atoms with Crippen LogP contribution in [-0.2, 0) is 0 Å². The molecule has 0 spiro atoms. The van der Waals surface area contributed by atoms with Crippen molar-refractivity contribution in [3.05, 3.63) is 58.9 Å². The van der Waals surface area contributed by atoms with Crippen molar-refractivity contribution < 1.29 is 4.79 Å². The number of aromatic nitrogens is 4. The lowest BCUT2D eigenvalue weighted by atomic mass is 10.1. The van der Waals surface area contributed by atoms with Gasteiger partial charge in [-0.2, -0.15) is 0 Å². The molecular formula is C19H22N6O. The Morgan fingerprint density at radius 1 is 1.00 bits per heavy atom. The minimum atomic E-state index is -0.334. The van der Waals surface area contributed by atoms with Crippen molar-refractivity contribution in [1.82, 2.24) is 19.5 Å². The fourth-order valence-corrected chi connectivity index (χ4v) is 2.81. The highest BCUT2D eigenvalue weighted by Gasteiger charge is 2.12. The highest BCUT2D eigenvalue weighted by atomic mass is 16.2. The van der Waals surface area contributed by atoms with E-state index in [2.05, 4.69) is 25.6 Å². The third-order valence-electron chi connectivity index (χ3n) is 4.24. The van der Waals surface area contributed by atoms with Crippen LogP contribution < -0.4 is 10.6 Å². The summed E-state index contributed by atoms with van der Waals surface area (Å²) in [6.45, 7) is 9.81. The van der Waals surface area contributed by atoms with Crippen molar-refractivity contribution in [2.24, 2.45) is 0 Å². The van der Waals surface area contributed by atoms with Crippen molar-refractivity contribution in [3.8, 4) is 5.95 Å². The first kappa shape index (κ1) is 17.6. The van der Waals surface area contributed by atoms with Crippen molar-refractivity contribution in [2.45, 2.75) is 34.6 Å². The SMILES string of the molecule is Cc1ccc(NC(=O)Nc2cnc(-n3c(C)nc(C)c3C)nc2)c(C)c1. The van der Waals surface area contributed by atoms with Crippen LogP contribution in [0.4, 0.5) is 16.2 Å². The Labute approximate surface area is 152 Å². The van der Waals surface area contributed by atoms with Gasteiger partial charge in [0.2, 0.25) is 5.95 Å². The number of carbonyl (C=O) groups excluding carboxylic acids is 1. The van der Waals surface area contributed by atoms with Gasteiger partial charge in [0, 0.05) is 11.4 Å². The standard InChI is InChI=1S/C19H22N6O/c1-11-6-7-17(12(2)8-11)24-19(26)23-16-9-20-18(21-10-16)25-14(4)13(3)22-15(25)5/h6-10H,1-5H3,(H2,23,24,26). The number of benzene rings is 1. The molecule has 0 saturated carbocycles. The van der Waals surface area contributed by atoms with Crippen LogP contribution >= 0.6 is 0 Å². The van der Waals surface area contributed by atoms with Crippen molar-refractivity contribution >= 4 is 17.4 Å². The first-order chi connectivity index (χ1) is 12.3. The van der Waals surface area contributed by atoms with Crippen molar-refractivity contribution in [2.75, 3.05) is 10.6 Å². The van der Waals surface area contributed by atoms with E-state index in [9.17, 15) is 4.79 Å². The summed E-state index contributed by atoms with van der Waals surface area (Å²) in [6, 6.07) is 5.53. The van der Waals surface area contributed by atoms with Crippen LogP contribution in [0.3, 0.4) is 0 Å². The molecule has 0 fully saturated rings. The summed E-state index contributed by atoms with van der Waals surface area (Å²) in [5.74, 6) is 1.36. The lowest BCUT2D eigenvalue weighted by molar-refractivity contribution is 0.262. The molecule has 0 bridgehead atoms. The van der Waals surface area contributed by atoms with E-state index in [0.29, 0.717) is 11.6 Å². The van der Waals surface area contributed by atoms with Gasteiger partial charge in [-0.15, -0.1) is 0 Å². The second-order valence-electron chi connectivity index (χ2n) is 6.33. The van der Waals surface area contributed by atoms with Gasteiger partial charge < -0.3 is 10.6 Å². The number of hydrogen-bond acceptors (Lipinski definition) is 4. The molecule has 0 saturated heterocycles. The average Bonchev–Trinajstić information content (AvgIpc) is 2.84. The van der Waals surface area contributed by atoms with Gasteiger partial charge in [0.25, 0.3) is 0 Å². The number of imidazole rings is 1. The number of hydrogen-bond donors (Lipinski definition) is 2. The quantitative estimate of drug-likeness (QED) is 0.751. The van der Waals surface area contributed by atoms with Gasteiger partial charge in [-0.25, -0.2) is 19.7 Å². The monoisotopic (exact) mass is 350 g/mol. The largest absolute Gasteiger partial charge is 0.323 e. The van der Waals surface area contributed by atoms with E-state index in [1.54, 1.807) is 12.4 Å². The maximum Gasteiger partial charge on any atom is 0.323 e. The average molecular weight is 350 g/mol. The Morgan fingerprint density at radius 2 is 1.69 bits per heavy atom. The third kappa shape index (κ3) is 3.56. The van der Waals surface area contributed by atoms with Gasteiger partial charge in [0.1, 0.15) is 5.82 Å². The summed E-state index contributed by atoms with van der Waals surface area (Å²) >= 11 is 0. The van der Waals surface area contributed by atoms with Gasteiger partial charge in [-0.05, 0) is 46.2 Å². The van der Waals surface area contributed by atoms with Crippen LogP contribution in [0.25, 0.3) is 5.95 Å². The molecule has 7 heteroatoms. The van der Waals surface area contributed by atoms with Crippen LogP contribution in [0.1, 0.15) is 28.3 Å². The predicted octanol–water partition coefficient (Wildman–Crippen LogP) is 3.85. The number of nitrogens with zero attached hydrogens (tertiary/aromatic N) is 4. The zero-order chi connectivity index (χ0) is 18.8. The van der Waals surface area contributed by atoms with E-state index >= 15 is 0 Å². The number of rotatable bonds is 3. The van der Waals surface area contributed by atoms with E-state index in [1.807, 2.05) is 57.4 Å². The molecule has 0 radical (unpaired) electrons. The molecule has 0 aliphatic carbocycles. The van der Waals surface area contributed by atoms with Gasteiger partial charge in [-0.3, -0.25) is 4.57 Å². The lowest BCUT2D eigenvalue weighted by Gasteiger charge is -2.11. The first-order valence-corrected chi connectivity index (χ1v) is 8.35. The van der Waals surface area contributed by atoms with Gasteiger partial charge in [-0.1, -0.05) is 17.7 Å². The number of anilines is 2. The van der Waals surface area contributed by atoms with Crippen LogP contribution in [-0.4, -0.2) is 25.6 Å². The lowest BCUT2D eigenvalue weighted by Crippen LogP contribution is -2.20. The summed E-state index contributed by atoms with van der Waals surface area (Å²) < 4.78 is 1.88. The molecule has 0 unspecified atom stereocenters. The highest BCUT2D eigenvalue weighted by molar-refractivity contribution is 6.00. The molecule has 134 valence electrons. The topological polar surface area (TPSA) is 84.7 Å². The number of carbonyl (C=O) groups is 1. The minimum absolute atomic E-state index is 0.334. The summed E-state index contributed by atoms with van der Waals surface area (Å²) in [4.78, 5) is 25.3. The number of nitrogens with one attached hydrogen (secondary N) is 2. The maximum absolute atomic E-state index is 12.2. The Morgan fingerprint density at radius 3 is 2.27 bits per heavy atom. The van der Waals surface area contributed by atoms with Crippen LogP contribution in [0.15, 0.2) is 30.6 Å². The van der Waals surface area contributed by atoms with Crippen molar-refractivity contribution in [1.29, 1.82) is 0 Å². The van der Waals surface area contributed by atoms with E-state index in [0.717, 1.165) is 34.0 Å². The second kappa shape index (κ2) is 6.95. The zero-order valence-electron chi connectivity index (χ0n) is 15.6. The molecule has 0 aliphatic rings. The molecular weight excluding hydrogens is 328 g/mol. The van der Waals surface area contributed by atoms with Gasteiger partial charge in [0.05, 0.1) is 23.8 Å². The summed E-state index contributed by atoms with van der Waals surface area (Å²) in [5, 5.41) is 5.58. The van der Waals surface area contributed by atoms with Crippen molar-refractivity contribution in [3.63, 3.8) is 0 Å². The molecule has 26 heavy (non-hydrogen) atoms. The molecule has 7 nitrogen and oxygen atoms in total. The molecule has 0 atom stereocenters. The van der Waals surface area contributed by atoms with E-state index in [4.69, 9.17) is 0 Å². The first-order valence-electron chi connectivity index (χ1n) is 8.35. The Hall–Kier alpha value is -3.22. The predicted molar refractivity (Wildman–Crippen MR) is 102 cm³/mol. The van der Waals surface area contributed by atoms with Gasteiger partial charge in [0.15, 0.2) is 0 Å². The fourth-order valence-electron chi connectivity index (χ4n) is 2.81. The van der Waals surface area contributed by atoms with E-state index < -0.39 is 0 Å². The molecule has 0 aliphatic heterocycles. The molecule has 3 rings (SSSR count). The summed E-state index contributed by atoms with van der Waals surface area (Å²) in [7, 11) is 0. The maximum atomic E-state index is 12.2. The summed E-state index contributed by atoms with van der Waals surface area (Å²) in [5.41, 5.74) is 5.39. The van der Waals surface area contributed by atoms with Crippen LogP contribution in [0.2, 0.25) is 0 Å². The number of amides is 2. The molecule has 2 N–H and O–H groups in total. The molecule has 2 aromatic heterocycles. The van der Waals surface area contributed by atoms with Crippen LogP contribution in [0, 0.1) is 34.6 Å². The Kier molecular flexibility index (Phi) is 4.71. The molecule has 1 aromatic carbocycles. The normalized spacial score (nSPS) is 10.7. The molecule has 2 amide bonds. The molecule has 2 heterocycles. The van der Waals surface area contributed by atoms with E-state index in [1.165, 1.54) is 0 Å². The number of urea groups is 1. The number of aryl methyl sites for hydroxylation is 4. The minimum Gasteiger partial charge on any atom is -0.307 e. The third-order valence-corrected chi connectivity index (χ3v) is 4.24. The smallest absolute Gasteiger partial charge is 0.307 e. The molecule has 3 aromatic rings. The zero-order valence-corrected chi connectivity index (χ0v) is 15.6.